The number of ether oxygens (including phenoxy) is 2. The molecular weight excluding hydrogens is 875 g/mol. The minimum atomic E-state index is -1.57. The van der Waals surface area contributed by atoms with Crippen LogP contribution in [0.3, 0.4) is 0 Å². The Morgan fingerprint density at radius 2 is 0.843 bits per heavy atom. The first-order chi connectivity index (χ1) is 34.3. The molecule has 1 fully saturated rings. The first kappa shape index (κ1) is 66.2. The number of carbonyl (C=O) groups excluding carboxylic acids is 1. The number of hydrogen-bond acceptors (Lipinski definition) is 8. The van der Waals surface area contributed by atoms with Gasteiger partial charge in [0.15, 0.2) is 6.29 Å². The molecule has 70 heavy (non-hydrogen) atoms. The highest BCUT2D eigenvalue weighted by Crippen LogP contribution is 2.23. The van der Waals surface area contributed by atoms with Crippen molar-refractivity contribution in [2.75, 3.05) is 13.2 Å². The molecule has 1 aliphatic rings. The summed E-state index contributed by atoms with van der Waals surface area (Å²) >= 11 is 0. The lowest BCUT2D eigenvalue weighted by molar-refractivity contribution is -0.302. The van der Waals surface area contributed by atoms with Gasteiger partial charge < -0.3 is 40.3 Å². The van der Waals surface area contributed by atoms with Crippen LogP contribution in [-0.2, 0) is 14.3 Å². The molecule has 6 N–H and O–H groups in total. The third-order valence-electron chi connectivity index (χ3n) is 14.1. The van der Waals surface area contributed by atoms with Crippen LogP contribution >= 0.6 is 0 Å². The SMILES string of the molecule is CCCCCCC/C=C\C/C=C\C/C=C\CCCCCCCCCCCCCCCCCCCCC(=O)NC(COC1OC(CO)C(O)C(O)C1O)C(O)/C=C/CCCCCCCCCCCCCC. The van der Waals surface area contributed by atoms with Gasteiger partial charge in [0, 0.05) is 6.42 Å². The maximum atomic E-state index is 13.0. The first-order valence-electron chi connectivity index (χ1n) is 29.9. The van der Waals surface area contributed by atoms with Crippen molar-refractivity contribution in [3.05, 3.63) is 48.6 Å². The summed E-state index contributed by atoms with van der Waals surface area (Å²) in [5.74, 6) is -0.175. The molecule has 0 aliphatic carbocycles. The lowest BCUT2D eigenvalue weighted by Gasteiger charge is -2.40. The van der Waals surface area contributed by atoms with Crippen LogP contribution in [0.5, 0.6) is 0 Å². The van der Waals surface area contributed by atoms with E-state index in [4.69, 9.17) is 9.47 Å². The highest BCUT2D eigenvalue weighted by atomic mass is 16.7. The zero-order chi connectivity index (χ0) is 50.8. The van der Waals surface area contributed by atoms with Gasteiger partial charge >= 0.3 is 0 Å². The minimum Gasteiger partial charge on any atom is -0.394 e. The summed E-state index contributed by atoms with van der Waals surface area (Å²) in [6.07, 6.45) is 60.5. The van der Waals surface area contributed by atoms with Crippen molar-refractivity contribution in [2.24, 2.45) is 0 Å². The van der Waals surface area contributed by atoms with E-state index >= 15 is 0 Å². The van der Waals surface area contributed by atoms with Crippen LogP contribution in [0.2, 0.25) is 0 Å². The molecule has 7 unspecified atom stereocenters. The van der Waals surface area contributed by atoms with Crippen LogP contribution in [0.25, 0.3) is 0 Å². The summed E-state index contributed by atoms with van der Waals surface area (Å²) in [4.78, 5) is 13.0. The standard InChI is InChI=1S/C61H113NO8/c1-3-5-7-9-11-13-15-17-19-20-21-22-23-24-25-26-27-28-29-30-31-32-33-34-35-36-37-39-41-43-45-47-49-51-57(65)62-54(53-69-61-60(68)59(67)58(66)56(52-63)70-61)55(64)50-48-46-44-42-40-38-18-16-14-12-10-8-6-4-2/h15,17,20-21,23-24,48,50,54-56,58-61,63-64,66-68H,3-14,16,18-19,22,25-47,49,51-53H2,1-2H3,(H,62,65)/b17-15-,21-20-,24-23-,50-48+. The van der Waals surface area contributed by atoms with E-state index < -0.39 is 49.5 Å². The predicted octanol–water partition coefficient (Wildman–Crippen LogP) is 14.9. The zero-order valence-electron chi connectivity index (χ0n) is 45.5. The molecule has 0 bridgehead atoms. The van der Waals surface area contributed by atoms with Gasteiger partial charge in [-0.1, -0.05) is 262 Å². The van der Waals surface area contributed by atoms with E-state index in [2.05, 4.69) is 55.6 Å². The quantitative estimate of drug-likeness (QED) is 0.0261. The summed E-state index contributed by atoms with van der Waals surface area (Å²) in [5.41, 5.74) is 0. The lowest BCUT2D eigenvalue weighted by Crippen LogP contribution is -2.60. The largest absolute Gasteiger partial charge is 0.394 e. The van der Waals surface area contributed by atoms with Crippen molar-refractivity contribution in [3.63, 3.8) is 0 Å². The second kappa shape index (κ2) is 50.7. The van der Waals surface area contributed by atoms with Gasteiger partial charge in [0.1, 0.15) is 24.4 Å². The van der Waals surface area contributed by atoms with Crippen molar-refractivity contribution in [1.82, 2.24) is 5.32 Å². The molecule has 1 heterocycles. The number of nitrogens with one attached hydrogen (secondary N) is 1. The van der Waals surface area contributed by atoms with Gasteiger partial charge in [-0.3, -0.25) is 4.79 Å². The summed E-state index contributed by atoms with van der Waals surface area (Å²) in [6, 6.07) is -0.804. The number of hydrogen-bond donors (Lipinski definition) is 6. The molecule has 0 saturated carbocycles. The fourth-order valence-electron chi connectivity index (χ4n) is 9.40. The Balaban J connectivity index is 2.12. The maximum absolute atomic E-state index is 13.0. The van der Waals surface area contributed by atoms with E-state index in [1.165, 1.54) is 205 Å². The van der Waals surface area contributed by atoms with Crippen LogP contribution in [-0.4, -0.2) is 87.5 Å². The average Bonchev–Trinajstić information content (AvgIpc) is 3.36. The molecule has 410 valence electrons. The molecule has 1 saturated heterocycles. The molecule has 1 amide bonds. The molecule has 9 nitrogen and oxygen atoms in total. The van der Waals surface area contributed by atoms with E-state index in [9.17, 15) is 30.3 Å². The minimum absolute atomic E-state index is 0.175. The maximum Gasteiger partial charge on any atom is 0.220 e. The average molecular weight is 989 g/mol. The van der Waals surface area contributed by atoms with Crippen LogP contribution in [0.4, 0.5) is 0 Å². The van der Waals surface area contributed by atoms with E-state index in [1.54, 1.807) is 6.08 Å². The highest BCUT2D eigenvalue weighted by molar-refractivity contribution is 5.76. The van der Waals surface area contributed by atoms with Crippen LogP contribution in [0.1, 0.15) is 277 Å². The lowest BCUT2D eigenvalue weighted by atomic mass is 9.99. The van der Waals surface area contributed by atoms with Gasteiger partial charge in [-0.25, -0.2) is 0 Å². The van der Waals surface area contributed by atoms with Gasteiger partial charge in [0.25, 0.3) is 0 Å². The van der Waals surface area contributed by atoms with Crippen LogP contribution < -0.4 is 5.32 Å². The first-order valence-corrected chi connectivity index (χ1v) is 29.9. The highest BCUT2D eigenvalue weighted by Gasteiger charge is 2.44. The van der Waals surface area contributed by atoms with Crippen LogP contribution in [0, 0.1) is 0 Å². The number of aliphatic hydroxyl groups excluding tert-OH is 5. The molecular formula is C61H113NO8. The summed E-state index contributed by atoms with van der Waals surface area (Å²) in [5, 5.41) is 54.4. The Morgan fingerprint density at radius 1 is 0.486 bits per heavy atom. The Hall–Kier alpha value is -1.85. The van der Waals surface area contributed by atoms with Crippen LogP contribution in [0.15, 0.2) is 48.6 Å². The fraction of sp³-hybridized carbons (Fsp3) is 0.852. The third-order valence-corrected chi connectivity index (χ3v) is 14.1. The van der Waals surface area contributed by atoms with Gasteiger partial charge in [0.05, 0.1) is 25.4 Å². The Morgan fingerprint density at radius 3 is 1.24 bits per heavy atom. The monoisotopic (exact) mass is 988 g/mol. The fourth-order valence-corrected chi connectivity index (χ4v) is 9.40. The van der Waals surface area contributed by atoms with E-state index in [0.29, 0.717) is 6.42 Å². The number of carbonyl (C=O) groups is 1. The second-order valence-corrected chi connectivity index (χ2v) is 20.8. The summed E-state index contributed by atoms with van der Waals surface area (Å²) in [6.45, 7) is 3.78. The number of unbranched alkanes of at least 4 members (excludes halogenated alkanes) is 35. The van der Waals surface area contributed by atoms with Crippen molar-refractivity contribution in [1.29, 1.82) is 0 Å². The molecule has 7 atom stereocenters. The molecule has 0 radical (unpaired) electrons. The summed E-state index contributed by atoms with van der Waals surface area (Å²) in [7, 11) is 0. The van der Waals surface area contributed by atoms with Crippen molar-refractivity contribution in [2.45, 2.75) is 320 Å². The number of rotatable bonds is 51. The van der Waals surface area contributed by atoms with E-state index in [0.717, 1.165) is 51.4 Å². The number of aliphatic hydroxyl groups is 5. The second-order valence-electron chi connectivity index (χ2n) is 20.8. The van der Waals surface area contributed by atoms with Gasteiger partial charge in [-0.2, -0.15) is 0 Å². The smallest absolute Gasteiger partial charge is 0.220 e. The van der Waals surface area contributed by atoms with E-state index in [-0.39, 0.29) is 12.5 Å². The molecule has 1 rings (SSSR count). The Kier molecular flexibility index (Phi) is 47.9. The van der Waals surface area contributed by atoms with Gasteiger partial charge in [0.2, 0.25) is 5.91 Å². The Labute approximate surface area is 431 Å². The third kappa shape index (κ3) is 39.7. The van der Waals surface area contributed by atoms with Crippen molar-refractivity contribution < 1.29 is 39.8 Å². The number of amides is 1. The molecule has 9 heteroatoms. The molecule has 0 spiro atoms. The van der Waals surface area contributed by atoms with Gasteiger partial charge in [-0.05, 0) is 57.8 Å². The molecule has 1 aliphatic heterocycles. The zero-order valence-corrected chi connectivity index (χ0v) is 45.5. The molecule has 0 aromatic carbocycles. The summed E-state index contributed by atoms with van der Waals surface area (Å²) < 4.78 is 11.3. The van der Waals surface area contributed by atoms with Crippen molar-refractivity contribution in [3.8, 4) is 0 Å². The molecule has 0 aromatic heterocycles. The Bertz CT molecular complexity index is 1240. The number of allylic oxidation sites excluding steroid dienone is 7. The normalized spacial score (nSPS) is 19.7. The van der Waals surface area contributed by atoms with Gasteiger partial charge in [-0.15, -0.1) is 0 Å². The van der Waals surface area contributed by atoms with E-state index in [1.807, 2.05) is 6.08 Å². The van der Waals surface area contributed by atoms with Crippen molar-refractivity contribution >= 4 is 5.91 Å². The topological polar surface area (TPSA) is 149 Å². The molecule has 0 aromatic rings. The predicted molar refractivity (Wildman–Crippen MR) is 295 cm³/mol.